The molecule has 1 aromatic heterocycles. The Morgan fingerprint density at radius 2 is 1.66 bits per heavy atom. The fraction of sp³-hybridized carbons (Fsp3) is 0.300. The van der Waals surface area contributed by atoms with Crippen molar-refractivity contribution in [3.05, 3.63) is 53.2 Å². The van der Waals surface area contributed by atoms with Crippen molar-refractivity contribution in [1.29, 1.82) is 0 Å². The number of hydrogen-bond acceptors (Lipinski definition) is 7. The molecule has 0 aliphatic heterocycles. The molecule has 1 aromatic carbocycles. The van der Waals surface area contributed by atoms with E-state index in [1.165, 1.54) is 4.68 Å². The van der Waals surface area contributed by atoms with Gasteiger partial charge in [-0.1, -0.05) is 30.3 Å². The Balaban J connectivity index is 2.18. The Hall–Kier alpha value is -3.62. The molecule has 1 heterocycles. The van der Waals surface area contributed by atoms with E-state index >= 15 is 0 Å². The number of aromatic nitrogens is 2. The van der Waals surface area contributed by atoms with Crippen molar-refractivity contribution in [3.8, 4) is 0 Å². The number of hydrogen-bond donors (Lipinski definition) is 1. The maximum absolute atomic E-state index is 12.1. The highest BCUT2D eigenvalue weighted by atomic mass is 16.6. The van der Waals surface area contributed by atoms with Crippen LogP contribution in [0.25, 0.3) is 6.20 Å². The summed E-state index contributed by atoms with van der Waals surface area (Å²) in [5.41, 5.74) is 1.03. The summed E-state index contributed by atoms with van der Waals surface area (Å²) in [5, 5.41) is 6.70. The van der Waals surface area contributed by atoms with Crippen LogP contribution in [-0.2, 0) is 30.4 Å². The van der Waals surface area contributed by atoms with Gasteiger partial charge in [-0.15, -0.1) is 0 Å². The van der Waals surface area contributed by atoms with E-state index in [2.05, 4.69) is 10.4 Å². The standard InChI is InChI=1S/C20H23N3O6/c1-4-27-18(24)16(19(25)28-5-2)12-23-17(11-14(3)22-23)21-20(26)29-13-15-9-7-6-8-10-15/h6-12H,4-5,13H2,1-3H3,(H,21,26). The number of anilines is 1. The van der Waals surface area contributed by atoms with Gasteiger partial charge in [0.1, 0.15) is 12.4 Å². The molecule has 0 bridgehead atoms. The molecule has 0 atom stereocenters. The van der Waals surface area contributed by atoms with E-state index in [0.29, 0.717) is 5.69 Å². The Bertz CT molecular complexity index is 869. The molecular formula is C20H23N3O6. The van der Waals surface area contributed by atoms with Crippen LogP contribution >= 0.6 is 0 Å². The summed E-state index contributed by atoms with van der Waals surface area (Å²) in [5.74, 6) is -1.49. The third kappa shape index (κ3) is 6.49. The molecule has 0 aliphatic carbocycles. The van der Waals surface area contributed by atoms with Gasteiger partial charge in [0.2, 0.25) is 0 Å². The average Bonchev–Trinajstić information content (AvgIpc) is 3.04. The highest BCUT2D eigenvalue weighted by molar-refractivity contribution is 6.16. The number of nitrogens with zero attached hydrogens (tertiary/aromatic N) is 2. The Morgan fingerprint density at radius 1 is 1.03 bits per heavy atom. The number of benzene rings is 1. The second-order valence-electron chi connectivity index (χ2n) is 5.79. The highest BCUT2D eigenvalue weighted by Gasteiger charge is 2.22. The van der Waals surface area contributed by atoms with Gasteiger partial charge in [-0.05, 0) is 26.3 Å². The van der Waals surface area contributed by atoms with Gasteiger partial charge in [-0.2, -0.15) is 5.10 Å². The van der Waals surface area contributed by atoms with Crippen molar-refractivity contribution in [1.82, 2.24) is 9.78 Å². The maximum atomic E-state index is 12.1. The molecule has 0 radical (unpaired) electrons. The van der Waals surface area contributed by atoms with Crippen LogP contribution < -0.4 is 5.32 Å². The van der Waals surface area contributed by atoms with Gasteiger partial charge in [-0.25, -0.2) is 19.1 Å². The molecule has 1 N–H and O–H groups in total. The number of ether oxygens (including phenoxy) is 3. The topological polar surface area (TPSA) is 109 Å². The summed E-state index contributed by atoms with van der Waals surface area (Å²) in [6, 6.07) is 10.8. The average molecular weight is 401 g/mol. The number of amides is 1. The summed E-state index contributed by atoms with van der Waals surface area (Å²) >= 11 is 0. The second kappa shape index (κ2) is 10.6. The molecule has 0 fully saturated rings. The van der Waals surface area contributed by atoms with Gasteiger partial charge in [0.05, 0.1) is 25.1 Å². The molecule has 9 nitrogen and oxygen atoms in total. The van der Waals surface area contributed by atoms with Gasteiger partial charge in [-0.3, -0.25) is 5.32 Å². The van der Waals surface area contributed by atoms with Gasteiger partial charge >= 0.3 is 18.0 Å². The van der Waals surface area contributed by atoms with Gasteiger partial charge in [0.15, 0.2) is 5.57 Å². The van der Waals surface area contributed by atoms with Crippen LogP contribution in [0.4, 0.5) is 10.6 Å². The molecule has 2 rings (SSSR count). The maximum Gasteiger partial charge on any atom is 0.413 e. The Morgan fingerprint density at radius 3 is 2.24 bits per heavy atom. The molecule has 29 heavy (non-hydrogen) atoms. The predicted molar refractivity (Wildman–Crippen MR) is 105 cm³/mol. The second-order valence-corrected chi connectivity index (χ2v) is 5.79. The molecule has 1 amide bonds. The molecule has 0 aliphatic rings. The lowest BCUT2D eigenvalue weighted by Gasteiger charge is -2.09. The minimum Gasteiger partial charge on any atom is -0.462 e. The van der Waals surface area contributed by atoms with E-state index in [1.54, 1.807) is 26.8 Å². The number of esters is 2. The SMILES string of the molecule is CCOC(=O)C(=Cn1nc(C)cc1NC(=O)OCc1ccccc1)C(=O)OCC. The van der Waals surface area contributed by atoms with E-state index in [0.717, 1.165) is 11.8 Å². The number of carbonyl (C=O) groups excluding carboxylic acids is 3. The number of carbonyl (C=O) groups is 3. The van der Waals surface area contributed by atoms with Crippen LogP contribution in [0.2, 0.25) is 0 Å². The largest absolute Gasteiger partial charge is 0.462 e. The summed E-state index contributed by atoms with van der Waals surface area (Å²) in [4.78, 5) is 36.4. The van der Waals surface area contributed by atoms with Crippen molar-refractivity contribution < 1.29 is 28.6 Å². The molecule has 0 saturated carbocycles. The lowest BCUT2D eigenvalue weighted by molar-refractivity contribution is -0.146. The lowest BCUT2D eigenvalue weighted by Crippen LogP contribution is -2.20. The molecule has 0 saturated heterocycles. The van der Waals surface area contributed by atoms with Crippen LogP contribution in [0.1, 0.15) is 25.1 Å². The number of rotatable bonds is 8. The van der Waals surface area contributed by atoms with Crippen LogP contribution in [0, 0.1) is 6.92 Å². The lowest BCUT2D eigenvalue weighted by atomic mass is 10.2. The van der Waals surface area contributed by atoms with Gasteiger partial charge < -0.3 is 14.2 Å². The molecule has 0 unspecified atom stereocenters. The summed E-state index contributed by atoms with van der Waals surface area (Å²) in [6.45, 7) is 5.20. The molecule has 9 heteroatoms. The zero-order valence-electron chi connectivity index (χ0n) is 16.5. The van der Waals surface area contributed by atoms with Crippen molar-refractivity contribution in [2.45, 2.75) is 27.4 Å². The molecule has 2 aromatic rings. The van der Waals surface area contributed by atoms with Gasteiger partial charge in [0.25, 0.3) is 0 Å². The van der Waals surface area contributed by atoms with Crippen LogP contribution in [0.5, 0.6) is 0 Å². The van der Waals surface area contributed by atoms with Crippen LogP contribution in [0.3, 0.4) is 0 Å². The molecule has 0 spiro atoms. The number of nitrogens with one attached hydrogen (secondary N) is 1. The smallest absolute Gasteiger partial charge is 0.413 e. The fourth-order valence-corrected chi connectivity index (χ4v) is 2.30. The van der Waals surface area contributed by atoms with E-state index in [-0.39, 0.29) is 31.2 Å². The fourth-order valence-electron chi connectivity index (χ4n) is 2.30. The van der Waals surface area contributed by atoms with Crippen molar-refractivity contribution in [2.24, 2.45) is 0 Å². The zero-order valence-corrected chi connectivity index (χ0v) is 16.5. The quantitative estimate of drug-likeness (QED) is 0.238. The predicted octanol–water partition coefficient (Wildman–Crippen LogP) is 2.91. The first-order valence-corrected chi connectivity index (χ1v) is 9.04. The van der Waals surface area contributed by atoms with Crippen molar-refractivity contribution in [3.63, 3.8) is 0 Å². The van der Waals surface area contributed by atoms with Gasteiger partial charge in [0, 0.05) is 6.07 Å². The molecular weight excluding hydrogens is 378 g/mol. The Kier molecular flexibility index (Phi) is 7.96. The third-order valence-electron chi connectivity index (χ3n) is 3.54. The normalized spacial score (nSPS) is 10.0. The monoisotopic (exact) mass is 401 g/mol. The summed E-state index contributed by atoms with van der Waals surface area (Å²) < 4.78 is 16.2. The van der Waals surface area contributed by atoms with Crippen molar-refractivity contribution >= 4 is 30.0 Å². The Labute approximate surface area is 168 Å². The van der Waals surface area contributed by atoms with E-state index in [4.69, 9.17) is 14.2 Å². The third-order valence-corrected chi connectivity index (χ3v) is 3.54. The van der Waals surface area contributed by atoms with Crippen LogP contribution in [0.15, 0.2) is 42.0 Å². The zero-order chi connectivity index (χ0) is 21.2. The summed E-state index contributed by atoms with van der Waals surface area (Å²) in [6.07, 6.45) is 0.438. The highest BCUT2D eigenvalue weighted by Crippen LogP contribution is 2.14. The van der Waals surface area contributed by atoms with E-state index in [9.17, 15) is 14.4 Å². The van der Waals surface area contributed by atoms with Crippen molar-refractivity contribution in [2.75, 3.05) is 18.5 Å². The number of aryl methyl sites for hydroxylation is 1. The molecule has 154 valence electrons. The minimum atomic E-state index is -0.850. The first-order chi connectivity index (χ1) is 13.9. The van der Waals surface area contributed by atoms with E-state index < -0.39 is 18.0 Å². The summed E-state index contributed by atoms with van der Waals surface area (Å²) in [7, 11) is 0. The first-order valence-electron chi connectivity index (χ1n) is 9.04. The minimum absolute atomic E-state index is 0.0879. The first kappa shape index (κ1) is 21.7. The van der Waals surface area contributed by atoms with Crippen LogP contribution in [-0.4, -0.2) is 41.0 Å². The van der Waals surface area contributed by atoms with E-state index in [1.807, 2.05) is 30.3 Å².